The van der Waals surface area contributed by atoms with E-state index in [1.165, 1.54) is 0 Å². The van der Waals surface area contributed by atoms with Crippen LogP contribution < -0.4 is 4.74 Å². The number of aromatic nitrogens is 1. The van der Waals surface area contributed by atoms with E-state index in [1.807, 2.05) is 49.4 Å². The topological polar surface area (TPSA) is 62.3 Å². The van der Waals surface area contributed by atoms with Crippen LogP contribution in [0.4, 0.5) is 0 Å². The molecule has 0 saturated carbocycles. The van der Waals surface area contributed by atoms with Crippen molar-refractivity contribution in [1.82, 2.24) is 4.98 Å². The largest absolute Gasteiger partial charge is 0.493 e. The summed E-state index contributed by atoms with van der Waals surface area (Å²) in [4.78, 5) is 14.7. The van der Waals surface area contributed by atoms with Crippen molar-refractivity contribution < 1.29 is 14.6 Å². The number of benzene rings is 2. The highest BCUT2D eigenvalue weighted by Gasteiger charge is 2.18. The molecule has 3 aromatic rings. The standard InChI is InChI=1S/C18H16BrNO3/c1-2-23-16-6-4-3-5-12(16)18-14(10-17(21)22)13-9-11(19)7-8-15(13)20-18/h3-9,20H,2,10H2,1H3,(H,21,22). The van der Waals surface area contributed by atoms with Gasteiger partial charge in [0, 0.05) is 20.9 Å². The van der Waals surface area contributed by atoms with E-state index < -0.39 is 5.97 Å². The molecule has 0 bridgehead atoms. The van der Waals surface area contributed by atoms with Crippen molar-refractivity contribution in [3.8, 4) is 17.0 Å². The Morgan fingerprint density at radius 3 is 2.78 bits per heavy atom. The van der Waals surface area contributed by atoms with E-state index in [0.717, 1.165) is 37.9 Å². The maximum absolute atomic E-state index is 11.3. The van der Waals surface area contributed by atoms with Gasteiger partial charge in [-0.3, -0.25) is 4.79 Å². The Morgan fingerprint density at radius 2 is 2.04 bits per heavy atom. The SMILES string of the molecule is CCOc1ccccc1-c1[nH]c2ccc(Br)cc2c1CC(=O)O. The monoisotopic (exact) mass is 373 g/mol. The molecule has 0 aliphatic heterocycles. The van der Waals surface area contributed by atoms with Crippen LogP contribution in [0.2, 0.25) is 0 Å². The van der Waals surface area contributed by atoms with E-state index in [4.69, 9.17) is 4.74 Å². The third kappa shape index (κ3) is 3.10. The quantitative estimate of drug-likeness (QED) is 0.685. The van der Waals surface area contributed by atoms with E-state index in [9.17, 15) is 9.90 Å². The molecule has 0 aliphatic carbocycles. The van der Waals surface area contributed by atoms with E-state index >= 15 is 0 Å². The number of carboxylic acids is 1. The van der Waals surface area contributed by atoms with Crippen LogP contribution in [-0.2, 0) is 11.2 Å². The summed E-state index contributed by atoms with van der Waals surface area (Å²) in [6.07, 6.45) is -0.0494. The summed E-state index contributed by atoms with van der Waals surface area (Å²) in [5.74, 6) is -0.117. The van der Waals surface area contributed by atoms with Gasteiger partial charge in [-0.2, -0.15) is 0 Å². The second-order valence-electron chi connectivity index (χ2n) is 5.17. The highest BCUT2D eigenvalue weighted by molar-refractivity contribution is 9.10. The van der Waals surface area contributed by atoms with Crippen molar-refractivity contribution in [2.75, 3.05) is 6.61 Å². The average Bonchev–Trinajstić information content (AvgIpc) is 2.86. The summed E-state index contributed by atoms with van der Waals surface area (Å²) < 4.78 is 6.61. The Morgan fingerprint density at radius 1 is 1.26 bits per heavy atom. The lowest BCUT2D eigenvalue weighted by Gasteiger charge is -2.10. The number of aliphatic carboxylic acids is 1. The molecule has 0 amide bonds. The van der Waals surface area contributed by atoms with Gasteiger partial charge in [-0.15, -0.1) is 0 Å². The third-order valence-corrected chi connectivity index (χ3v) is 4.15. The number of para-hydroxylation sites is 1. The predicted molar refractivity (Wildman–Crippen MR) is 93.9 cm³/mol. The van der Waals surface area contributed by atoms with Crippen molar-refractivity contribution in [1.29, 1.82) is 0 Å². The van der Waals surface area contributed by atoms with Gasteiger partial charge in [-0.25, -0.2) is 0 Å². The van der Waals surface area contributed by atoms with Crippen LogP contribution in [0.3, 0.4) is 0 Å². The maximum atomic E-state index is 11.3. The Hall–Kier alpha value is -2.27. The van der Waals surface area contributed by atoms with E-state index in [1.54, 1.807) is 0 Å². The van der Waals surface area contributed by atoms with Crippen LogP contribution in [0, 0.1) is 0 Å². The Balaban J connectivity index is 2.26. The molecule has 0 saturated heterocycles. The number of hydrogen-bond acceptors (Lipinski definition) is 2. The predicted octanol–water partition coefficient (Wildman–Crippen LogP) is 4.62. The van der Waals surface area contributed by atoms with E-state index in [0.29, 0.717) is 6.61 Å². The number of hydrogen-bond donors (Lipinski definition) is 2. The minimum Gasteiger partial charge on any atom is -0.493 e. The van der Waals surface area contributed by atoms with Gasteiger partial charge >= 0.3 is 5.97 Å². The molecule has 5 heteroatoms. The van der Waals surface area contributed by atoms with Gasteiger partial charge in [0.2, 0.25) is 0 Å². The molecule has 2 aromatic carbocycles. The zero-order valence-corrected chi connectivity index (χ0v) is 14.2. The molecule has 4 nitrogen and oxygen atoms in total. The fourth-order valence-corrected chi connectivity index (χ4v) is 3.10. The molecule has 118 valence electrons. The van der Waals surface area contributed by atoms with Gasteiger partial charge in [-0.1, -0.05) is 28.1 Å². The molecule has 23 heavy (non-hydrogen) atoms. The zero-order chi connectivity index (χ0) is 16.4. The Labute approximate surface area is 142 Å². The smallest absolute Gasteiger partial charge is 0.307 e. The van der Waals surface area contributed by atoms with E-state index in [2.05, 4.69) is 20.9 Å². The van der Waals surface area contributed by atoms with Crippen molar-refractivity contribution in [3.63, 3.8) is 0 Å². The van der Waals surface area contributed by atoms with Crippen LogP contribution in [0.5, 0.6) is 5.75 Å². The van der Waals surface area contributed by atoms with Crippen molar-refractivity contribution in [2.45, 2.75) is 13.3 Å². The van der Waals surface area contributed by atoms with Crippen molar-refractivity contribution in [3.05, 3.63) is 52.5 Å². The molecule has 2 N–H and O–H groups in total. The second kappa shape index (κ2) is 6.46. The summed E-state index contributed by atoms with van der Waals surface area (Å²) in [5, 5.41) is 10.2. The molecule has 0 atom stereocenters. The second-order valence-corrected chi connectivity index (χ2v) is 6.08. The van der Waals surface area contributed by atoms with Gasteiger partial charge in [0.05, 0.1) is 18.7 Å². The van der Waals surface area contributed by atoms with Gasteiger partial charge in [0.25, 0.3) is 0 Å². The zero-order valence-electron chi connectivity index (χ0n) is 12.6. The van der Waals surface area contributed by atoms with Gasteiger partial charge in [0.1, 0.15) is 5.75 Å². The first-order chi connectivity index (χ1) is 11.1. The molecule has 0 unspecified atom stereocenters. The third-order valence-electron chi connectivity index (χ3n) is 3.65. The lowest BCUT2D eigenvalue weighted by molar-refractivity contribution is -0.136. The lowest BCUT2D eigenvalue weighted by atomic mass is 10.0. The minimum absolute atomic E-state index is 0.0494. The average molecular weight is 374 g/mol. The summed E-state index contributed by atoms with van der Waals surface area (Å²) >= 11 is 3.45. The molecular weight excluding hydrogens is 358 g/mol. The Kier molecular flexibility index (Phi) is 4.39. The molecular formula is C18H16BrNO3. The van der Waals surface area contributed by atoms with Crippen LogP contribution in [0.1, 0.15) is 12.5 Å². The summed E-state index contributed by atoms with van der Waals surface area (Å²) in [5.41, 5.74) is 3.34. The number of aromatic amines is 1. The fourth-order valence-electron chi connectivity index (χ4n) is 2.74. The van der Waals surface area contributed by atoms with Crippen LogP contribution >= 0.6 is 15.9 Å². The number of carbonyl (C=O) groups is 1. The number of rotatable bonds is 5. The molecule has 0 spiro atoms. The first-order valence-corrected chi connectivity index (χ1v) is 8.13. The van der Waals surface area contributed by atoms with Gasteiger partial charge in [-0.05, 0) is 42.8 Å². The molecule has 1 heterocycles. The lowest BCUT2D eigenvalue weighted by Crippen LogP contribution is -2.02. The molecule has 1 aromatic heterocycles. The summed E-state index contributed by atoms with van der Waals surface area (Å²) in [6.45, 7) is 2.48. The highest BCUT2D eigenvalue weighted by Crippen LogP contribution is 2.36. The summed E-state index contributed by atoms with van der Waals surface area (Å²) in [6, 6.07) is 13.5. The van der Waals surface area contributed by atoms with Gasteiger partial charge in [0.15, 0.2) is 0 Å². The van der Waals surface area contributed by atoms with Crippen molar-refractivity contribution in [2.24, 2.45) is 0 Å². The molecule has 0 aliphatic rings. The maximum Gasteiger partial charge on any atom is 0.307 e. The number of fused-ring (bicyclic) bond motifs is 1. The fraction of sp³-hybridized carbons (Fsp3) is 0.167. The summed E-state index contributed by atoms with van der Waals surface area (Å²) in [7, 11) is 0. The van der Waals surface area contributed by atoms with Crippen molar-refractivity contribution >= 4 is 32.8 Å². The van der Waals surface area contributed by atoms with Gasteiger partial charge < -0.3 is 14.8 Å². The molecule has 0 fully saturated rings. The first kappa shape index (κ1) is 15.6. The number of ether oxygens (including phenoxy) is 1. The number of H-pyrrole nitrogens is 1. The Bertz CT molecular complexity index is 870. The van der Waals surface area contributed by atoms with E-state index in [-0.39, 0.29) is 6.42 Å². The minimum atomic E-state index is -0.860. The first-order valence-electron chi connectivity index (χ1n) is 7.34. The molecule has 3 rings (SSSR count). The number of carboxylic acid groups (broad SMARTS) is 1. The van der Waals surface area contributed by atoms with Crippen LogP contribution in [0.25, 0.3) is 22.2 Å². The van der Waals surface area contributed by atoms with Crippen LogP contribution in [-0.4, -0.2) is 22.7 Å². The number of nitrogens with one attached hydrogen (secondary N) is 1. The normalized spacial score (nSPS) is 10.9. The van der Waals surface area contributed by atoms with Crippen LogP contribution in [0.15, 0.2) is 46.9 Å². The number of halogens is 1. The molecule has 0 radical (unpaired) electrons. The highest BCUT2D eigenvalue weighted by atomic mass is 79.9.